The molecule has 2 aromatic carbocycles. The maximum Gasteiger partial charge on any atom is 0.241 e. The summed E-state index contributed by atoms with van der Waals surface area (Å²) in [4.78, 5) is 17.2. The zero-order valence-electron chi connectivity index (χ0n) is 15.6. The van der Waals surface area contributed by atoms with Gasteiger partial charge in [0, 0.05) is 42.6 Å². The minimum atomic E-state index is -0.172. The highest BCUT2D eigenvalue weighted by Crippen LogP contribution is 2.24. The number of piperazine rings is 1. The number of nitrogens with one attached hydrogen (secondary N) is 1. The molecule has 1 atom stereocenters. The van der Waals surface area contributed by atoms with Crippen molar-refractivity contribution in [1.29, 1.82) is 0 Å². The molecule has 1 saturated heterocycles. The lowest BCUT2D eigenvalue weighted by atomic mass is 10.1. The molecule has 1 aliphatic rings. The molecule has 0 bridgehead atoms. The van der Waals surface area contributed by atoms with Crippen molar-refractivity contribution >= 4 is 28.9 Å². The number of nitrogens with zero attached hydrogens (tertiary/aromatic N) is 2. The first-order valence-corrected chi connectivity index (χ1v) is 9.45. The summed E-state index contributed by atoms with van der Waals surface area (Å²) in [5.41, 5.74) is 4.70. The third-order valence-corrected chi connectivity index (χ3v) is 5.49. The topological polar surface area (TPSA) is 35.6 Å². The lowest BCUT2D eigenvalue weighted by molar-refractivity contribution is -0.120. The monoisotopic (exact) mass is 371 g/mol. The van der Waals surface area contributed by atoms with Gasteiger partial charge < -0.3 is 10.2 Å². The second-order valence-electron chi connectivity index (χ2n) is 6.92. The van der Waals surface area contributed by atoms with E-state index < -0.39 is 0 Å². The number of halogens is 1. The first-order valence-electron chi connectivity index (χ1n) is 9.07. The van der Waals surface area contributed by atoms with Crippen LogP contribution in [0.4, 0.5) is 11.4 Å². The molecule has 1 amide bonds. The predicted octanol–water partition coefficient (Wildman–Crippen LogP) is 4.11. The Morgan fingerprint density at radius 2 is 1.77 bits per heavy atom. The normalized spacial score (nSPS) is 16.4. The zero-order valence-corrected chi connectivity index (χ0v) is 16.4. The maximum atomic E-state index is 12.6. The standard InChI is InChI=1S/C21H26ClN3O/c1-15-6-4-9-20(16(15)2)25-12-10-24(11-13-25)17(3)21(26)23-19-8-5-7-18(22)14-19/h4-9,14,17H,10-13H2,1-3H3,(H,23,26)/t17-/m0/s1. The number of aryl methyl sites for hydroxylation is 1. The largest absolute Gasteiger partial charge is 0.369 e. The van der Waals surface area contributed by atoms with Crippen molar-refractivity contribution in [1.82, 2.24) is 4.90 Å². The predicted molar refractivity (Wildman–Crippen MR) is 109 cm³/mol. The molecule has 1 heterocycles. The summed E-state index contributed by atoms with van der Waals surface area (Å²) in [5, 5.41) is 3.58. The molecule has 26 heavy (non-hydrogen) atoms. The molecular formula is C21H26ClN3O. The summed E-state index contributed by atoms with van der Waals surface area (Å²) in [6.45, 7) is 9.90. The van der Waals surface area contributed by atoms with Crippen LogP contribution in [-0.4, -0.2) is 43.0 Å². The third-order valence-electron chi connectivity index (χ3n) is 5.25. The van der Waals surface area contributed by atoms with E-state index in [1.807, 2.05) is 19.1 Å². The number of carbonyl (C=O) groups excluding carboxylic acids is 1. The minimum Gasteiger partial charge on any atom is -0.369 e. The molecular weight excluding hydrogens is 346 g/mol. The van der Waals surface area contributed by atoms with E-state index in [9.17, 15) is 4.79 Å². The fourth-order valence-electron chi connectivity index (χ4n) is 3.41. The molecule has 0 saturated carbocycles. The van der Waals surface area contributed by atoms with Crippen LogP contribution in [0.5, 0.6) is 0 Å². The Kier molecular flexibility index (Phi) is 5.84. The fourth-order valence-corrected chi connectivity index (χ4v) is 3.60. The van der Waals surface area contributed by atoms with Gasteiger partial charge in [-0.15, -0.1) is 0 Å². The average Bonchev–Trinajstić information content (AvgIpc) is 2.63. The van der Waals surface area contributed by atoms with Crippen LogP contribution in [-0.2, 0) is 4.79 Å². The van der Waals surface area contributed by atoms with Gasteiger partial charge in [-0.3, -0.25) is 9.69 Å². The highest BCUT2D eigenvalue weighted by molar-refractivity contribution is 6.30. The number of anilines is 2. The summed E-state index contributed by atoms with van der Waals surface area (Å²) in [7, 11) is 0. The van der Waals surface area contributed by atoms with Gasteiger partial charge >= 0.3 is 0 Å². The molecule has 0 aromatic heterocycles. The van der Waals surface area contributed by atoms with Crippen LogP contribution in [0.1, 0.15) is 18.1 Å². The molecule has 0 radical (unpaired) electrons. The Morgan fingerprint density at radius 1 is 1.08 bits per heavy atom. The average molecular weight is 372 g/mol. The van der Waals surface area contributed by atoms with Crippen molar-refractivity contribution < 1.29 is 4.79 Å². The second-order valence-corrected chi connectivity index (χ2v) is 7.35. The molecule has 1 fully saturated rings. The number of amides is 1. The molecule has 2 aromatic rings. The van der Waals surface area contributed by atoms with Crippen molar-refractivity contribution in [2.45, 2.75) is 26.8 Å². The quantitative estimate of drug-likeness (QED) is 0.878. The van der Waals surface area contributed by atoms with Gasteiger partial charge in [-0.1, -0.05) is 29.8 Å². The number of rotatable bonds is 4. The molecule has 0 spiro atoms. The van der Waals surface area contributed by atoms with Gasteiger partial charge in [0.2, 0.25) is 5.91 Å². The van der Waals surface area contributed by atoms with E-state index in [0.717, 1.165) is 31.9 Å². The van der Waals surface area contributed by atoms with Crippen molar-refractivity contribution in [3.05, 3.63) is 58.6 Å². The van der Waals surface area contributed by atoms with Crippen LogP contribution in [0.25, 0.3) is 0 Å². The van der Waals surface area contributed by atoms with Crippen molar-refractivity contribution in [3.8, 4) is 0 Å². The Bertz CT molecular complexity index is 785. The summed E-state index contributed by atoms with van der Waals surface area (Å²) >= 11 is 5.99. The van der Waals surface area contributed by atoms with Crippen molar-refractivity contribution in [2.24, 2.45) is 0 Å². The van der Waals surface area contributed by atoms with E-state index in [2.05, 4.69) is 47.2 Å². The maximum absolute atomic E-state index is 12.6. The Hall–Kier alpha value is -2.04. The van der Waals surface area contributed by atoms with Crippen molar-refractivity contribution in [3.63, 3.8) is 0 Å². The Morgan fingerprint density at radius 3 is 2.46 bits per heavy atom. The summed E-state index contributed by atoms with van der Waals surface area (Å²) in [5.74, 6) is 0.00690. The van der Waals surface area contributed by atoms with Gasteiger partial charge in [0.05, 0.1) is 6.04 Å². The van der Waals surface area contributed by atoms with E-state index in [0.29, 0.717) is 5.02 Å². The van der Waals surface area contributed by atoms with E-state index in [1.165, 1.54) is 16.8 Å². The van der Waals surface area contributed by atoms with Crippen LogP contribution in [0.3, 0.4) is 0 Å². The van der Waals surface area contributed by atoms with Crippen LogP contribution >= 0.6 is 11.6 Å². The van der Waals surface area contributed by atoms with E-state index in [1.54, 1.807) is 12.1 Å². The van der Waals surface area contributed by atoms with Crippen LogP contribution < -0.4 is 10.2 Å². The number of hydrogen-bond acceptors (Lipinski definition) is 3. The first-order chi connectivity index (χ1) is 12.5. The number of carbonyl (C=O) groups is 1. The highest BCUT2D eigenvalue weighted by atomic mass is 35.5. The second kappa shape index (κ2) is 8.11. The third kappa shape index (κ3) is 4.19. The number of hydrogen-bond donors (Lipinski definition) is 1. The lowest BCUT2D eigenvalue weighted by Gasteiger charge is -2.39. The first kappa shape index (κ1) is 18.7. The Balaban J connectivity index is 1.58. The lowest BCUT2D eigenvalue weighted by Crippen LogP contribution is -2.53. The molecule has 4 nitrogen and oxygen atoms in total. The molecule has 1 aliphatic heterocycles. The van der Waals surface area contributed by atoms with Crippen LogP contribution in [0, 0.1) is 13.8 Å². The molecule has 3 rings (SSSR count). The fraction of sp³-hybridized carbons (Fsp3) is 0.381. The highest BCUT2D eigenvalue weighted by Gasteiger charge is 2.26. The molecule has 0 aliphatic carbocycles. The van der Waals surface area contributed by atoms with Gasteiger partial charge in [-0.25, -0.2) is 0 Å². The molecule has 1 N–H and O–H groups in total. The SMILES string of the molecule is Cc1cccc(N2CCN([C@@H](C)C(=O)Nc3cccc(Cl)c3)CC2)c1C. The summed E-state index contributed by atoms with van der Waals surface area (Å²) < 4.78 is 0. The van der Waals surface area contributed by atoms with E-state index in [-0.39, 0.29) is 11.9 Å². The number of benzene rings is 2. The molecule has 138 valence electrons. The molecule has 0 unspecified atom stereocenters. The van der Waals surface area contributed by atoms with E-state index >= 15 is 0 Å². The zero-order chi connectivity index (χ0) is 18.7. The van der Waals surface area contributed by atoms with Crippen LogP contribution in [0.15, 0.2) is 42.5 Å². The van der Waals surface area contributed by atoms with Gasteiger partial charge in [0.15, 0.2) is 0 Å². The van der Waals surface area contributed by atoms with Gasteiger partial charge in [-0.05, 0) is 56.2 Å². The Labute approximate surface area is 160 Å². The van der Waals surface area contributed by atoms with Gasteiger partial charge in [-0.2, -0.15) is 0 Å². The van der Waals surface area contributed by atoms with E-state index in [4.69, 9.17) is 11.6 Å². The minimum absolute atomic E-state index is 0.00690. The van der Waals surface area contributed by atoms with Gasteiger partial charge in [0.1, 0.15) is 0 Å². The summed E-state index contributed by atoms with van der Waals surface area (Å²) in [6.07, 6.45) is 0. The smallest absolute Gasteiger partial charge is 0.241 e. The van der Waals surface area contributed by atoms with Gasteiger partial charge in [0.25, 0.3) is 0 Å². The summed E-state index contributed by atoms with van der Waals surface area (Å²) in [6, 6.07) is 13.5. The molecule has 5 heteroatoms. The van der Waals surface area contributed by atoms with Crippen molar-refractivity contribution in [2.75, 3.05) is 36.4 Å². The van der Waals surface area contributed by atoms with Crippen LogP contribution in [0.2, 0.25) is 5.02 Å².